The van der Waals surface area contributed by atoms with E-state index in [1.54, 1.807) is 18.7 Å². The molecule has 2 atom stereocenters. The third kappa shape index (κ3) is 2.18. The molecule has 1 saturated heterocycles. The Morgan fingerprint density at radius 3 is 3.06 bits per heavy atom. The lowest BCUT2D eigenvalue weighted by Crippen LogP contribution is -2.34. The zero-order valence-electron chi connectivity index (χ0n) is 8.60. The van der Waals surface area contributed by atoms with E-state index in [0.717, 1.165) is 0 Å². The SMILES string of the molecule is Cc1cn(C2CSC(CCl)O2)c(=O)[nH]c1=O. The molecule has 16 heavy (non-hydrogen) atoms. The van der Waals surface area contributed by atoms with Crippen LogP contribution in [0, 0.1) is 6.92 Å². The maximum absolute atomic E-state index is 11.6. The first-order chi connectivity index (χ1) is 7.61. The van der Waals surface area contributed by atoms with Gasteiger partial charge in [-0.05, 0) is 6.92 Å². The molecule has 0 radical (unpaired) electrons. The van der Waals surface area contributed by atoms with Crippen molar-refractivity contribution in [3.8, 4) is 0 Å². The Morgan fingerprint density at radius 1 is 1.69 bits per heavy atom. The molecule has 0 amide bonds. The highest BCUT2D eigenvalue weighted by atomic mass is 35.5. The third-order valence-corrected chi connectivity index (χ3v) is 3.91. The molecule has 1 aliphatic rings. The molecule has 7 heteroatoms. The monoisotopic (exact) mass is 262 g/mol. The van der Waals surface area contributed by atoms with Crippen LogP contribution in [0.25, 0.3) is 0 Å². The van der Waals surface area contributed by atoms with Crippen LogP contribution in [0.5, 0.6) is 0 Å². The summed E-state index contributed by atoms with van der Waals surface area (Å²) in [6.45, 7) is 1.65. The summed E-state index contributed by atoms with van der Waals surface area (Å²) in [6.07, 6.45) is 1.17. The molecular formula is C9H11ClN2O3S. The van der Waals surface area contributed by atoms with E-state index < -0.39 is 5.69 Å². The lowest BCUT2D eigenvalue weighted by atomic mass is 10.4. The Balaban J connectivity index is 2.32. The van der Waals surface area contributed by atoms with Gasteiger partial charge >= 0.3 is 5.69 Å². The molecule has 2 rings (SSSR count). The molecule has 2 unspecified atom stereocenters. The number of ether oxygens (including phenoxy) is 1. The molecule has 0 bridgehead atoms. The summed E-state index contributed by atoms with van der Waals surface area (Å²) < 4.78 is 6.94. The van der Waals surface area contributed by atoms with Crippen LogP contribution in [0.4, 0.5) is 0 Å². The first-order valence-electron chi connectivity index (χ1n) is 4.77. The van der Waals surface area contributed by atoms with Crippen LogP contribution in [0.1, 0.15) is 11.8 Å². The number of nitrogens with one attached hydrogen (secondary N) is 1. The van der Waals surface area contributed by atoms with E-state index >= 15 is 0 Å². The number of aromatic nitrogens is 2. The third-order valence-electron chi connectivity index (χ3n) is 2.32. The van der Waals surface area contributed by atoms with Crippen molar-refractivity contribution in [3.63, 3.8) is 0 Å². The van der Waals surface area contributed by atoms with E-state index in [4.69, 9.17) is 16.3 Å². The second kappa shape index (κ2) is 4.65. The Hall–Kier alpha value is -0.720. The van der Waals surface area contributed by atoms with Gasteiger partial charge in [-0.15, -0.1) is 23.4 Å². The van der Waals surface area contributed by atoms with Gasteiger partial charge in [0.05, 0.1) is 5.88 Å². The lowest BCUT2D eigenvalue weighted by Gasteiger charge is -2.13. The molecule has 1 aromatic heterocycles. The predicted octanol–water partition coefficient (Wildman–Crippen LogP) is 0.672. The fourth-order valence-electron chi connectivity index (χ4n) is 1.47. The van der Waals surface area contributed by atoms with E-state index in [1.807, 2.05) is 0 Å². The van der Waals surface area contributed by atoms with Gasteiger partial charge in [0, 0.05) is 17.5 Å². The summed E-state index contributed by atoms with van der Waals surface area (Å²) >= 11 is 7.22. The van der Waals surface area contributed by atoms with E-state index in [2.05, 4.69) is 4.98 Å². The van der Waals surface area contributed by atoms with Crippen molar-refractivity contribution in [3.05, 3.63) is 32.6 Å². The summed E-state index contributed by atoms with van der Waals surface area (Å²) in [5, 5.41) is 0. The smallest absolute Gasteiger partial charge is 0.330 e. The normalized spacial score (nSPS) is 24.9. The summed E-state index contributed by atoms with van der Waals surface area (Å²) in [5.74, 6) is 1.04. The molecule has 1 N–H and O–H groups in total. The number of H-pyrrole nitrogens is 1. The lowest BCUT2D eigenvalue weighted by molar-refractivity contribution is 0.0247. The fraction of sp³-hybridized carbons (Fsp3) is 0.556. The number of thioether (sulfide) groups is 1. The minimum absolute atomic E-state index is 0.0919. The predicted molar refractivity (Wildman–Crippen MR) is 63.1 cm³/mol. The summed E-state index contributed by atoms with van der Waals surface area (Å²) in [6, 6.07) is 0. The van der Waals surface area contributed by atoms with Crippen molar-refractivity contribution >= 4 is 23.4 Å². The molecule has 0 aromatic carbocycles. The highest BCUT2D eigenvalue weighted by molar-refractivity contribution is 8.00. The number of aryl methyl sites for hydroxylation is 1. The van der Waals surface area contributed by atoms with Crippen molar-refractivity contribution in [1.82, 2.24) is 9.55 Å². The van der Waals surface area contributed by atoms with Gasteiger partial charge in [-0.2, -0.15) is 0 Å². The summed E-state index contributed by atoms with van der Waals surface area (Å²) in [4.78, 5) is 25.0. The van der Waals surface area contributed by atoms with Gasteiger partial charge in [0.25, 0.3) is 5.56 Å². The maximum Gasteiger partial charge on any atom is 0.330 e. The molecule has 2 heterocycles. The molecule has 1 fully saturated rings. The number of hydrogen-bond donors (Lipinski definition) is 1. The topological polar surface area (TPSA) is 64.1 Å². The van der Waals surface area contributed by atoms with Crippen molar-refractivity contribution in [2.24, 2.45) is 0 Å². The average Bonchev–Trinajstić information content (AvgIpc) is 2.71. The van der Waals surface area contributed by atoms with Crippen LogP contribution >= 0.6 is 23.4 Å². The fourth-order valence-corrected chi connectivity index (χ4v) is 2.72. The largest absolute Gasteiger partial charge is 0.342 e. The van der Waals surface area contributed by atoms with Crippen LogP contribution in [-0.2, 0) is 4.74 Å². The second-order valence-corrected chi connectivity index (χ2v) is 4.99. The number of alkyl halides is 1. The van der Waals surface area contributed by atoms with Crippen LogP contribution in [0.2, 0.25) is 0 Å². The maximum atomic E-state index is 11.6. The Kier molecular flexibility index (Phi) is 3.41. The summed E-state index contributed by atoms with van der Waals surface area (Å²) in [7, 11) is 0. The zero-order valence-corrected chi connectivity index (χ0v) is 10.2. The first kappa shape index (κ1) is 11.8. The average molecular weight is 263 g/mol. The minimum atomic E-state index is -0.448. The van der Waals surface area contributed by atoms with Gasteiger partial charge in [-0.25, -0.2) is 4.79 Å². The van der Waals surface area contributed by atoms with Gasteiger partial charge in [0.1, 0.15) is 11.7 Å². The molecule has 0 spiro atoms. The summed E-state index contributed by atoms with van der Waals surface area (Å²) in [5.41, 5.74) is -0.412. The number of halogens is 1. The van der Waals surface area contributed by atoms with E-state index in [9.17, 15) is 9.59 Å². The highest BCUT2D eigenvalue weighted by Crippen LogP contribution is 2.31. The Labute approximate surface area is 101 Å². The van der Waals surface area contributed by atoms with Gasteiger partial charge in [0.15, 0.2) is 0 Å². The number of nitrogens with zero attached hydrogens (tertiary/aromatic N) is 1. The van der Waals surface area contributed by atoms with Crippen molar-refractivity contribution < 1.29 is 4.74 Å². The quantitative estimate of drug-likeness (QED) is 0.796. The van der Waals surface area contributed by atoms with Gasteiger partial charge < -0.3 is 4.74 Å². The molecule has 1 aliphatic heterocycles. The standard InChI is InChI=1S/C9H11ClN2O3S/c1-5-3-12(9(14)11-8(5)13)6-4-16-7(2-10)15-6/h3,6-7H,2,4H2,1H3,(H,11,13,14). The molecule has 88 valence electrons. The molecule has 1 aromatic rings. The first-order valence-corrected chi connectivity index (χ1v) is 6.35. The number of aromatic amines is 1. The van der Waals surface area contributed by atoms with Crippen LogP contribution in [-0.4, -0.2) is 26.6 Å². The van der Waals surface area contributed by atoms with E-state index in [0.29, 0.717) is 17.2 Å². The van der Waals surface area contributed by atoms with Crippen molar-refractivity contribution in [2.45, 2.75) is 18.6 Å². The highest BCUT2D eigenvalue weighted by Gasteiger charge is 2.27. The molecule has 5 nitrogen and oxygen atoms in total. The number of hydrogen-bond acceptors (Lipinski definition) is 4. The van der Waals surface area contributed by atoms with Crippen LogP contribution in [0.15, 0.2) is 15.8 Å². The van der Waals surface area contributed by atoms with Crippen LogP contribution in [0.3, 0.4) is 0 Å². The molecule has 0 aliphatic carbocycles. The minimum Gasteiger partial charge on any atom is -0.342 e. The zero-order chi connectivity index (χ0) is 11.7. The van der Waals surface area contributed by atoms with Crippen molar-refractivity contribution in [1.29, 1.82) is 0 Å². The Bertz CT molecular complexity index is 498. The van der Waals surface area contributed by atoms with E-state index in [-0.39, 0.29) is 17.2 Å². The van der Waals surface area contributed by atoms with Gasteiger partial charge in [0.2, 0.25) is 0 Å². The Morgan fingerprint density at radius 2 is 2.44 bits per heavy atom. The molecule has 0 saturated carbocycles. The van der Waals surface area contributed by atoms with Gasteiger partial charge in [-0.1, -0.05) is 0 Å². The molecular weight excluding hydrogens is 252 g/mol. The van der Waals surface area contributed by atoms with Crippen molar-refractivity contribution in [2.75, 3.05) is 11.6 Å². The van der Waals surface area contributed by atoms with E-state index in [1.165, 1.54) is 10.8 Å². The number of rotatable bonds is 2. The van der Waals surface area contributed by atoms with Crippen LogP contribution < -0.4 is 11.2 Å². The van der Waals surface area contributed by atoms with Gasteiger partial charge in [-0.3, -0.25) is 14.3 Å². The second-order valence-electron chi connectivity index (χ2n) is 3.49.